The van der Waals surface area contributed by atoms with Crippen molar-refractivity contribution in [3.05, 3.63) is 46.7 Å². The Morgan fingerprint density at radius 3 is 2.55 bits per heavy atom. The van der Waals surface area contributed by atoms with Crippen LogP contribution in [0.25, 0.3) is 0 Å². The zero-order valence-electron chi connectivity index (χ0n) is 11.9. The highest BCUT2D eigenvalue weighted by molar-refractivity contribution is 6.30. The maximum atomic E-state index is 12.4. The number of carbonyl (C=O) groups excluding carboxylic acids is 1. The van der Waals surface area contributed by atoms with Crippen molar-refractivity contribution in [2.24, 2.45) is 0 Å². The van der Waals surface area contributed by atoms with Gasteiger partial charge in [-0.3, -0.25) is 9.48 Å². The fraction of sp³-hybridized carbons (Fsp3) is 0.333. The van der Waals surface area contributed by atoms with Gasteiger partial charge in [-0.25, -0.2) is 0 Å². The summed E-state index contributed by atoms with van der Waals surface area (Å²) in [5, 5.41) is 7.64. The summed E-state index contributed by atoms with van der Waals surface area (Å²) in [5.41, 5.74) is 2.97. The molecule has 2 aromatic rings. The topological polar surface area (TPSA) is 46.9 Å². The molecule has 4 nitrogen and oxygen atoms in total. The third-order valence-electron chi connectivity index (χ3n) is 3.31. The van der Waals surface area contributed by atoms with Crippen LogP contribution in [0.3, 0.4) is 0 Å². The minimum absolute atomic E-state index is 0.0790. The largest absolute Gasteiger partial charge is 0.324 e. The zero-order chi connectivity index (χ0) is 14.7. The molecule has 20 heavy (non-hydrogen) atoms. The Bertz CT molecular complexity index is 601. The second-order valence-corrected chi connectivity index (χ2v) is 5.26. The van der Waals surface area contributed by atoms with Gasteiger partial charge in [0.2, 0.25) is 5.91 Å². The minimum atomic E-state index is -0.360. The number of benzene rings is 1. The van der Waals surface area contributed by atoms with Crippen LogP contribution in [-0.2, 0) is 4.79 Å². The lowest BCUT2D eigenvalue weighted by molar-refractivity contribution is -0.119. The van der Waals surface area contributed by atoms with Crippen LogP contribution in [-0.4, -0.2) is 15.7 Å². The van der Waals surface area contributed by atoms with Crippen LogP contribution in [0.5, 0.6) is 0 Å². The van der Waals surface area contributed by atoms with E-state index in [2.05, 4.69) is 10.4 Å². The van der Waals surface area contributed by atoms with Crippen LogP contribution in [0.4, 0.5) is 5.69 Å². The Labute approximate surface area is 123 Å². The quantitative estimate of drug-likeness (QED) is 0.933. The summed E-state index contributed by atoms with van der Waals surface area (Å²) in [4.78, 5) is 12.4. The number of rotatable bonds is 4. The molecule has 1 heterocycles. The van der Waals surface area contributed by atoms with Gasteiger partial charge in [0.15, 0.2) is 0 Å². The Morgan fingerprint density at radius 2 is 2.05 bits per heavy atom. The van der Waals surface area contributed by atoms with Crippen LogP contribution in [0.1, 0.15) is 30.5 Å². The summed E-state index contributed by atoms with van der Waals surface area (Å²) in [5.74, 6) is -0.0790. The smallest absolute Gasteiger partial charge is 0.249 e. The number of hydrogen-bond acceptors (Lipinski definition) is 2. The molecular formula is C15H18ClN3O. The monoisotopic (exact) mass is 291 g/mol. The van der Waals surface area contributed by atoms with Crippen LogP contribution in [0, 0.1) is 13.8 Å². The minimum Gasteiger partial charge on any atom is -0.324 e. The summed E-state index contributed by atoms with van der Waals surface area (Å²) in [6, 6.07) is 5.58. The normalized spacial score (nSPS) is 12.2. The first-order valence-electron chi connectivity index (χ1n) is 6.59. The highest BCUT2D eigenvalue weighted by Crippen LogP contribution is 2.22. The molecule has 1 unspecified atom stereocenters. The first-order chi connectivity index (χ1) is 9.52. The average molecular weight is 292 g/mol. The van der Waals surface area contributed by atoms with Gasteiger partial charge in [-0.2, -0.15) is 5.10 Å². The molecule has 1 atom stereocenters. The number of nitrogens with zero attached hydrogens (tertiary/aromatic N) is 2. The standard InChI is InChI=1S/C15H18ClN3O/c1-4-13(19-9-12(16)8-17-19)15(20)18-14-10(2)6-5-7-11(14)3/h5-9,13H,4H2,1-3H3,(H,18,20). The number of anilines is 1. The summed E-state index contributed by atoms with van der Waals surface area (Å²) in [7, 11) is 0. The maximum absolute atomic E-state index is 12.4. The van der Waals surface area contributed by atoms with Crippen molar-refractivity contribution in [1.29, 1.82) is 0 Å². The second kappa shape index (κ2) is 6.09. The van der Waals surface area contributed by atoms with E-state index in [0.29, 0.717) is 11.4 Å². The van der Waals surface area contributed by atoms with Crippen LogP contribution >= 0.6 is 11.6 Å². The molecule has 0 saturated heterocycles. The number of halogens is 1. The van der Waals surface area contributed by atoms with Gasteiger partial charge in [-0.15, -0.1) is 0 Å². The molecule has 106 valence electrons. The maximum Gasteiger partial charge on any atom is 0.249 e. The first-order valence-corrected chi connectivity index (χ1v) is 6.97. The van der Waals surface area contributed by atoms with Crippen molar-refractivity contribution in [3.63, 3.8) is 0 Å². The van der Waals surface area contributed by atoms with Crippen molar-refractivity contribution in [2.45, 2.75) is 33.2 Å². The van der Waals surface area contributed by atoms with Crippen molar-refractivity contribution < 1.29 is 4.79 Å². The Balaban J connectivity index is 2.22. The molecule has 0 saturated carbocycles. The summed E-state index contributed by atoms with van der Waals surface area (Å²) >= 11 is 5.86. The van der Waals surface area contributed by atoms with E-state index in [1.807, 2.05) is 39.0 Å². The van der Waals surface area contributed by atoms with E-state index >= 15 is 0 Å². The van der Waals surface area contributed by atoms with Crippen molar-refractivity contribution in [2.75, 3.05) is 5.32 Å². The number of nitrogens with one attached hydrogen (secondary N) is 1. The van der Waals surface area contributed by atoms with E-state index in [1.54, 1.807) is 10.9 Å². The van der Waals surface area contributed by atoms with Crippen LogP contribution in [0.2, 0.25) is 5.02 Å². The molecule has 0 aliphatic heterocycles. The van der Waals surface area contributed by atoms with E-state index in [0.717, 1.165) is 16.8 Å². The van der Waals surface area contributed by atoms with Crippen molar-refractivity contribution >= 4 is 23.2 Å². The van der Waals surface area contributed by atoms with Gasteiger partial charge < -0.3 is 5.32 Å². The zero-order valence-corrected chi connectivity index (χ0v) is 12.6. The highest BCUT2D eigenvalue weighted by atomic mass is 35.5. The lowest BCUT2D eigenvalue weighted by atomic mass is 10.1. The van der Waals surface area contributed by atoms with Gasteiger partial charge in [0.25, 0.3) is 0 Å². The number of aryl methyl sites for hydroxylation is 2. The van der Waals surface area contributed by atoms with Crippen molar-refractivity contribution in [3.8, 4) is 0 Å². The summed E-state index contributed by atoms with van der Waals surface area (Å²) < 4.78 is 1.60. The number of carbonyl (C=O) groups is 1. The van der Waals surface area contributed by atoms with E-state index in [4.69, 9.17) is 11.6 Å². The lowest BCUT2D eigenvalue weighted by Gasteiger charge is -2.17. The van der Waals surface area contributed by atoms with Crippen molar-refractivity contribution in [1.82, 2.24) is 9.78 Å². The molecule has 1 N–H and O–H groups in total. The van der Waals surface area contributed by atoms with Gasteiger partial charge in [0, 0.05) is 11.9 Å². The molecule has 2 rings (SSSR count). The highest BCUT2D eigenvalue weighted by Gasteiger charge is 2.20. The molecule has 0 bridgehead atoms. The van der Waals surface area contributed by atoms with Gasteiger partial charge in [-0.05, 0) is 31.4 Å². The summed E-state index contributed by atoms with van der Waals surface area (Å²) in [6.07, 6.45) is 3.85. The number of amides is 1. The van der Waals surface area contributed by atoms with Gasteiger partial charge >= 0.3 is 0 Å². The van der Waals surface area contributed by atoms with Gasteiger partial charge in [0.1, 0.15) is 6.04 Å². The molecule has 0 fully saturated rings. The fourth-order valence-corrected chi connectivity index (χ4v) is 2.34. The fourth-order valence-electron chi connectivity index (χ4n) is 2.20. The van der Waals surface area contributed by atoms with Gasteiger partial charge in [0.05, 0.1) is 11.2 Å². The SMILES string of the molecule is CCC(C(=O)Nc1c(C)cccc1C)n1cc(Cl)cn1. The van der Waals surface area contributed by atoms with Gasteiger partial charge in [-0.1, -0.05) is 36.7 Å². The Hall–Kier alpha value is -1.81. The molecule has 5 heteroatoms. The lowest BCUT2D eigenvalue weighted by Crippen LogP contribution is -2.26. The van der Waals surface area contributed by atoms with Crippen LogP contribution < -0.4 is 5.32 Å². The second-order valence-electron chi connectivity index (χ2n) is 4.82. The van der Waals surface area contributed by atoms with E-state index in [9.17, 15) is 4.79 Å². The molecule has 0 spiro atoms. The molecule has 1 aromatic heterocycles. The predicted molar refractivity (Wildman–Crippen MR) is 81.1 cm³/mol. The Morgan fingerprint density at radius 1 is 1.40 bits per heavy atom. The summed E-state index contributed by atoms with van der Waals surface area (Å²) in [6.45, 7) is 5.91. The predicted octanol–water partition coefficient (Wildman–Crippen LogP) is 3.74. The van der Waals surface area contributed by atoms with E-state index < -0.39 is 0 Å². The number of hydrogen-bond donors (Lipinski definition) is 1. The third kappa shape index (κ3) is 3.02. The average Bonchev–Trinajstić information content (AvgIpc) is 2.81. The first kappa shape index (κ1) is 14.6. The molecule has 0 aliphatic carbocycles. The third-order valence-corrected chi connectivity index (χ3v) is 3.50. The number of para-hydroxylation sites is 1. The van der Waals surface area contributed by atoms with E-state index in [1.165, 1.54) is 6.20 Å². The molecular weight excluding hydrogens is 274 g/mol. The van der Waals surface area contributed by atoms with Crippen LogP contribution in [0.15, 0.2) is 30.6 Å². The molecule has 1 amide bonds. The number of aromatic nitrogens is 2. The Kier molecular flexibility index (Phi) is 4.45. The molecule has 1 aromatic carbocycles. The molecule has 0 radical (unpaired) electrons. The van der Waals surface area contributed by atoms with E-state index in [-0.39, 0.29) is 11.9 Å². The molecule has 0 aliphatic rings.